The molecule has 0 spiro atoms. The number of nitrogens with zero attached hydrogens (tertiary/aromatic N) is 6. The maximum absolute atomic E-state index is 11.9. The van der Waals surface area contributed by atoms with Crippen molar-refractivity contribution in [2.24, 2.45) is 0 Å². The SMILES string of the molecule is CCCCn1nnnc1CN1CCC[C@H]1[C@@H]1CCCN1C(C)=O. The Bertz CT molecular complexity index is 530. The summed E-state index contributed by atoms with van der Waals surface area (Å²) in [6, 6.07) is 0.827. The van der Waals surface area contributed by atoms with Crippen molar-refractivity contribution in [1.82, 2.24) is 30.0 Å². The maximum atomic E-state index is 11.9. The summed E-state index contributed by atoms with van der Waals surface area (Å²) in [4.78, 5) is 16.4. The van der Waals surface area contributed by atoms with E-state index in [2.05, 4.69) is 32.2 Å². The van der Waals surface area contributed by atoms with Crippen molar-refractivity contribution in [3.8, 4) is 0 Å². The van der Waals surface area contributed by atoms with Crippen LogP contribution in [-0.4, -0.2) is 61.1 Å². The van der Waals surface area contributed by atoms with Crippen LogP contribution in [0.15, 0.2) is 0 Å². The van der Waals surface area contributed by atoms with Gasteiger partial charge in [0.05, 0.1) is 6.54 Å². The molecule has 3 rings (SSSR count). The number of carbonyl (C=O) groups excluding carboxylic acids is 1. The molecular formula is C16H28N6O. The summed E-state index contributed by atoms with van der Waals surface area (Å²) in [5, 5.41) is 12.2. The van der Waals surface area contributed by atoms with E-state index in [1.54, 1.807) is 6.92 Å². The molecule has 2 atom stereocenters. The maximum Gasteiger partial charge on any atom is 0.219 e. The number of unbranched alkanes of at least 4 members (excludes halogenated alkanes) is 1. The number of tetrazole rings is 1. The van der Waals surface area contributed by atoms with Gasteiger partial charge < -0.3 is 4.90 Å². The minimum atomic E-state index is 0.215. The summed E-state index contributed by atoms with van der Waals surface area (Å²) in [5.74, 6) is 1.17. The fourth-order valence-electron chi connectivity index (χ4n) is 4.07. The van der Waals surface area contributed by atoms with Crippen LogP contribution in [-0.2, 0) is 17.9 Å². The topological polar surface area (TPSA) is 67.2 Å². The highest BCUT2D eigenvalue weighted by atomic mass is 16.2. The van der Waals surface area contributed by atoms with Crippen molar-refractivity contribution in [2.75, 3.05) is 13.1 Å². The lowest BCUT2D eigenvalue weighted by molar-refractivity contribution is -0.130. The number of amides is 1. The van der Waals surface area contributed by atoms with Gasteiger partial charge >= 0.3 is 0 Å². The minimum Gasteiger partial charge on any atom is -0.338 e. The van der Waals surface area contributed by atoms with Gasteiger partial charge in [-0.1, -0.05) is 13.3 Å². The normalized spacial score (nSPS) is 25.4. The highest BCUT2D eigenvalue weighted by Crippen LogP contribution is 2.30. The highest BCUT2D eigenvalue weighted by Gasteiger charge is 2.39. The van der Waals surface area contributed by atoms with Gasteiger partial charge in [0.2, 0.25) is 5.91 Å². The van der Waals surface area contributed by atoms with Crippen molar-refractivity contribution in [1.29, 1.82) is 0 Å². The molecule has 0 unspecified atom stereocenters. The van der Waals surface area contributed by atoms with E-state index in [1.807, 2.05) is 4.68 Å². The van der Waals surface area contributed by atoms with Gasteiger partial charge in [-0.25, -0.2) is 4.68 Å². The van der Waals surface area contributed by atoms with E-state index < -0.39 is 0 Å². The summed E-state index contributed by atoms with van der Waals surface area (Å²) >= 11 is 0. The third-order valence-corrected chi connectivity index (χ3v) is 5.24. The first-order chi connectivity index (χ1) is 11.2. The summed E-state index contributed by atoms with van der Waals surface area (Å²) in [6.07, 6.45) is 6.86. The van der Waals surface area contributed by atoms with Gasteiger partial charge in [0.15, 0.2) is 5.82 Å². The van der Waals surface area contributed by atoms with Crippen molar-refractivity contribution in [3.05, 3.63) is 5.82 Å². The average Bonchev–Trinajstić information content (AvgIpc) is 3.25. The molecule has 2 fully saturated rings. The second kappa shape index (κ2) is 7.38. The van der Waals surface area contributed by atoms with E-state index in [0.29, 0.717) is 12.1 Å². The number of hydrogen-bond acceptors (Lipinski definition) is 5. The third-order valence-electron chi connectivity index (χ3n) is 5.24. The van der Waals surface area contributed by atoms with E-state index in [0.717, 1.165) is 57.7 Å². The van der Waals surface area contributed by atoms with Crippen LogP contribution < -0.4 is 0 Å². The zero-order chi connectivity index (χ0) is 16.2. The van der Waals surface area contributed by atoms with E-state index in [4.69, 9.17) is 0 Å². The fourth-order valence-corrected chi connectivity index (χ4v) is 4.07. The van der Waals surface area contributed by atoms with E-state index in [-0.39, 0.29) is 5.91 Å². The van der Waals surface area contributed by atoms with Gasteiger partial charge in [0.25, 0.3) is 0 Å². The number of carbonyl (C=O) groups is 1. The van der Waals surface area contributed by atoms with Crippen LogP contribution in [0.1, 0.15) is 58.2 Å². The largest absolute Gasteiger partial charge is 0.338 e. The third kappa shape index (κ3) is 3.54. The molecule has 23 heavy (non-hydrogen) atoms. The molecule has 0 bridgehead atoms. The number of aromatic nitrogens is 4. The molecule has 7 nitrogen and oxygen atoms in total. The van der Waals surface area contributed by atoms with Crippen LogP contribution >= 0.6 is 0 Å². The monoisotopic (exact) mass is 320 g/mol. The number of hydrogen-bond donors (Lipinski definition) is 0. The highest BCUT2D eigenvalue weighted by molar-refractivity contribution is 5.74. The summed E-state index contributed by atoms with van der Waals surface area (Å²) in [7, 11) is 0. The first-order valence-corrected chi connectivity index (χ1v) is 8.97. The Kier molecular flexibility index (Phi) is 5.25. The lowest BCUT2D eigenvalue weighted by Crippen LogP contribution is -2.47. The van der Waals surface area contributed by atoms with Crippen LogP contribution in [0.25, 0.3) is 0 Å². The fraction of sp³-hybridized carbons (Fsp3) is 0.875. The second-order valence-electron chi connectivity index (χ2n) is 6.77. The van der Waals surface area contributed by atoms with Crippen LogP contribution in [0.5, 0.6) is 0 Å². The number of likely N-dealkylation sites (tertiary alicyclic amines) is 2. The van der Waals surface area contributed by atoms with Crippen molar-refractivity contribution >= 4 is 5.91 Å². The molecule has 1 aromatic heterocycles. The summed E-state index contributed by atoms with van der Waals surface area (Å²) in [5.41, 5.74) is 0. The first-order valence-electron chi connectivity index (χ1n) is 8.97. The minimum absolute atomic E-state index is 0.215. The Balaban J connectivity index is 1.68. The molecule has 1 amide bonds. The second-order valence-corrected chi connectivity index (χ2v) is 6.77. The Morgan fingerprint density at radius 3 is 2.78 bits per heavy atom. The molecule has 0 aliphatic carbocycles. The molecule has 2 aliphatic heterocycles. The molecule has 0 radical (unpaired) electrons. The van der Waals surface area contributed by atoms with Crippen LogP contribution in [0.2, 0.25) is 0 Å². The number of aryl methyl sites for hydroxylation is 1. The van der Waals surface area contributed by atoms with Crippen molar-refractivity contribution in [2.45, 2.75) is 77.5 Å². The lowest BCUT2D eigenvalue weighted by Gasteiger charge is -2.34. The summed E-state index contributed by atoms with van der Waals surface area (Å²) in [6.45, 7) is 7.55. The van der Waals surface area contributed by atoms with Crippen LogP contribution in [0.3, 0.4) is 0 Å². The quantitative estimate of drug-likeness (QED) is 0.793. The molecule has 128 valence electrons. The Morgan fingerprint density at radius 1 is 1.22 bits per heavy atom. The van der Waals surface area contributed by atoms with Gasteiger partial charge in [-0.05, 0) is 49.1 Å². The number of rotatable bonds is 6. The van der Waals surface area contributed by atoms with Crippen LogP contribution in [0.4, 0.5) is 0 Å². The van der Waals surface area contributed by atoms with Crippen molar-refractivity contribution in [3.63, 3.8) is 0 Å². The Labute approximate surface area is 138 Å². The lowest BCUT2D eigenvalue weighted by atomic mass is 10.0. The molecule has 1 aromatic rings. The Morgan fingerprint density at radius 2 is 2.00 bits per heavy atom. The van der Waals surface area contributed by atoms with E-state index in [1.165, 1.54) is 12.8 Å². The van der Waals surface area contributed by atoms with Gasteiger partial charge in [-0.15, -0.1) is 5.10 Å². The molecule has 0 saturated carbocycles. The van der Waals surface area contributed by atoms with Gasteiger partial charge in [0.1, 0.15) is 0 Å². The van der Waals surface area contributed by atoms with Crippen molar-refractivity contribution < 1.29 is 4.79 Å². The zero-order valence-corrected chi connectivity index (χ0v) is 14.3. The van der Waals surface area contributed by atoms with E-state index in [9.17, 15) is 4.79 Å². The summed E-state index contributed by atoms with van der Waals surface area (Å²) < 4.78 is 1.94. The zero-order valence-electron chi connectivity index (χ0n) is 14.3. The molecule has 0 N–H and O–H groups in total. The predicted octanol–water partition coefficient (Wildman–Crippen LogP) is 1.45. The van der Waals surface area contributed by atoms with E-state index >= 15 is 0 Å². The standard InChI is InChI=1S/C16H28N6O/c1-3-4-11-22-16(17-18-19-22)12-20-9-5-7-14(20)15-8-6-10-21(15)13(2)23/h14-15H,3-12H2,1-2H3/t14-,15-/m0/s1. The van der Waals surface area contributed by atoms with Gasteiger partial charge in [-0.2, -0.15) is 0 Å². The molecular weight excluding hydrogens is 292 g/mol. The van der Waals surface area contributed by atoms with Gasteiger partial charge in [0, 0.05) is 32.1 Å². The smallest absolute Gasteiger partial charge is 0.219 e. The first kappa shape index (κ1) is 16.4. The Hall–Kier alpha value is -1.50. The van der Waals surface area contributed by atoms with Gasteiger partial charge in [-0.3, -0.25) is 9.69 Å². The molecule has 2 saturated heterocycles. The predicted molar refractivity (Wildman–Crippen MR) is 86.6 cm³/mol. The van der Waals surface area contributed by atoms with Crippen LogP contribution in [0, 0.1) is 0 Å². The molecule has 7 heteroatoms. The molecule has 2 aliphatic rings. The molecule has 0 aromatic carbocycles. The molecule has 3 heterocycles. The average molecular weight is 320 g/mol.